The lowest BCUT2D eigenvalue weighted by Gasteiger charge is -2.05. The zero-order chi connectivity index (χ0) is 14.3. The van der Waals surface area contributed by atoms with Gasteiger partial charge in [-0.05, 0) is 25.5 Å². The first-order valence-corrected chi connectivity index (χ1v) is 5.95. The number of hydrogen-bond acceptors (Lipinski definition) is 3. The summed E-state index contributed by atoms with van der Waals surface area (Å²) < 4.78 is 30.5. The first-order chi connectivity index (χ1) is 9.02. The molecule has 0 fully saturated rings. The van der Waals surface area contributed by atoms with Crippen LogP contribution in [0.25, 0.3) is 0 Å². The average molecular weight is 271 g/mol. The van der Waals surface area contributed by atoms with Crippen molar-refractivity contribution in [3.8, 4) is 5.75 Å². The summed E-state index contributed by atoms with van der Waals surface area (Å²) in [6, 6.07) is 2.68. The molecule has 0 radical (unpaired) electrons. The smallest absolute Gasteiger partial charge is 0.311 e. The second-order valence-corrected chi connectivity index (χ2v) is 3.86. The number of ether oxygens (including phenoxy) is 1. The van der Waals surface area contributed by atoms with Crippen molar-refractivity contribution >= 4 is 11.9 Å². The van der Waals surface area contributed by atoms with Crippen LogP contribution in [0.15, 0.2) is 18.2 Å². The molecule has 19 heavy (non-hydrogen) atoms. The molecule has 6 heteroatoms. The average Bonchev–Trinajstić information content (AvgIpc) is 2.33. The van der Waals surface area contributed by atoms with Gasteiger partial charge in [-0.25, -0.2) is 8.78 Å². The maximum Gasteiger partial charge on any atom is 0.311 e. The lowest BCUT2D eigenvalue weighted by atomic mass is 10.2. The number of carbonyl (C=O) groups is 2. The first kappa shape index (κ1) is 15.1. The molecule has 0 heterocycles. The van der Waals surface area contributed by atoms with Crippen molar-refractivity contribution in [2.24, 2.45) is 0 Å². The van der Waals surface area contributed by atoms with E-state index in [1.54, 1.807) is 6.92 Å². The van der Waals surface area contributed by atoms with Gasteiger partial charge in [-0.1, -0.05) is 0 Å². The number of esters is 1. The van der Waals surface area contributed by atoms with E-state index in [0.717, 1.165) is 12.1 Å². The fourth-order valence-corrected chi connectivity index (χ4v) is 1.41. The summed E-state index contributed by atoms with van der Waals surface area (Å²) in [6.45, 7) is 2.33. The minimum Gasteiger partial charge on any atom is -0.423 e. The van der Waals surface area contributed by atoms with Crippen LogP contribution in [0.1, 0.15) is 26.2 Å². The van der Waals surface area contributed by atoms with Crippen LogP contribution in [0.4, 0.5) is 8.78 Å². The molecule has 1 rings (SSSR count). The van der Waals surface area contributed by atoms with Crippen LogP contribution >= 0.6 is 0 Å². The molecule has 0 bridgehead atoms. The predicted octanol–water partition coefficient (Wildman–Crippen LogP) is 2.18. The lowest BCUT2D eigenvalue weighted by molar-refractivity contribution is -0.134. The molecule has 1 aromatic rings. The van der Waals surface area contributed by atoms with E-state index in [2.05, 4.69) is 5.32 Å². The number of rotatable bonds is 6. The van der Waals surface area contributed by atoms with E-state index in [4.69, 9.17) is 4.74 Å². The van der Waals surface area contributed by atoms with Crippen molar-refractivity contribution < 1.29 is 23.1 Å². The molecule has 0 saturated carbocycles. The van der Waals surface area contributed by atoms with E-state index in [9.17, 15) is 18.4 Å². The summed E-state index contributed by atoms with van der Waals surface area (Å²) >= 11 is 0. The zero-order valence-corrected chi connectivity index (χ0v) is 10.5. The molecule has 104 valence electrons. The Bertz CT molecular complexity index is 463. The highest BCUT2D eigenvalue weighted by atomic mass is 19.1. The van der Waals surface area contributed by atoms with Crippen molar-refractivity contribution in [2.75, 3.05) is 6.54 Å². The van der Waals surface area contributed by atoms with Crippen molar-refractivity contribution in [1.29, 1.82) is 0 Å². The maximum absolute atomic E-state index is 13.2. The van der Waals surface area contributed by atoms with Crippen LogP contribution in [0.5, 0.6) is 5.75 Å². The highest BCUT2D eigenvalue weighted by Crippen LogP contribution is 2.18. The van der Waals surface area contributed by atoms with Gasteiger partial charge in [0.1, 0.15) is 5.82 Å². The molecule has 0 aliphatic rings. The molecule has 1 amide bonds. The van der Waals surface area contributed by atoms with E-state index < -0.39 is 17.6 Å². The molecule has 0 unspecified atom stereocenters. The van der Waals surface area contributed by atoms with E-state index in [0.29, 0.717) is 19.0 Å². The molecule has 0 aliphatic carbocycles. The molecule has 0 saturated heterocycles. The third-order valence-electron chi connectivity index (χ3n) is 2.28. The summed E-state index contributed by atoms with van der Waals surface area (Å²) in [7, 11) is 0. The van der Waals surface area contributed by atoms with E-state index in [1.165, 1.54) is 0 Å². The van der Waals surface area contributed by atoms with E-state index in [1.807, 2.05) is 0 Å². The zero-order valence-electron chi connectivity index (χ0n) is 10.5. The minimum atomic E-state index is -0.933. The number of carbonyl (C=O) groups excluding carboxylic acids is 2. The Balaban J connectivity index is 2.37. The third kappa shape index (κ3) is 5.46. The molecule has 4 nitrogen and oxygen atoms in total. The Morgan fingerprint density at radius 1 is 1.26 bits per heavy atom. The normalized spacial score (nSPS) is 10.1. The number of hydrogen-bond donors (Lipinski definition) is 1. The van der Waals surface area contributed by atoms with Crippen molar-refractivity contribution in [3.63, 3.8) is 0 Å². The Kier molecular flexibility index (Phi) is 5.92. The number of halogens is 2. The number of benzene rings is 1. The summed E-state index contributed by atoms with van der Waals surface area (Å²) in [5.41, 5.74) is 0. The third-order valence-corrected chi connectivity index (χ3v) is 2.28. The molecular formula is C13H15F2NO3. The molecule has 0 spiro atoms. The molecular weight excluding hydrogens is 256 g/mol. The van der Waals surface area contributed by atoms with Gasteiger partial charge in [-0.15, -0.1) is 0 Å². The SMILES string of the molecule is CCNC(=O)CCCC(=O)Oc1ccc(F)cc1F. The fraction of sp³-hybridized carbons (Fsp3) is 0.385. The maximum atomic E-state index is 13.2. The second-order valence-electron chi connectivity index (χ2n) is 3.86. The van der Waals surface area contributed by atoms with Crippen LogP contribution in [0, 0.1) is 11.6 Å². The van der Waals surface area contributed by atoms with Gasteiger partial charge in [-0.2, -0.15) is 0 Å². The van der Waals surface area contributed by atoms with E-state index in [-0.39, 0.29) is 24.5 Å². The van der Waals surface area contributed by atoms with Crippen molar-refractivity contribution in [3.05, 3.63) is 29.8 Å². The number of amides is 1. The summed E-state index contributed by atoms with van der Waals surface area (Å²) in [6.07, 6.45) is 0.510. The van der Waals surface area contributed by atoms with Crippen LogP contribution < -0.4 is 10.1 Å². The Morgan fingerprint density at radius 2 is 2.00 bits per heavy atom. The second kappa shape index (κ2) is 7.45. The topological polar surface area (TPSA) is 55.4 Å². The van der Waals surface area contributed by atoms with Gasteiger partial charge in [0, 0.05) is 25.5 Å². The van der Waals surface area contributed by atoms with Gasteiger partial charge in [0.15, 0.2) is 11.6 Å². The molecule has 1 aromatic carbocycles. The summed E-state index contributed by atoms with van der Waals surface area (Å²) in [5.74, 6) is -2.80. The number of nitrogens with one attached hydrogen (secondary N) is 1. The monoisotopic (exact) mass is 271 g/mol. The first-order valence-electron chi connectivity index (χ1n) is 5.95. The summed E-state index contributed by atoms with van der Waals surface area (Å²) in [5, 5.41) is 2.59. The fourth-order valence-electron chi connectivity index (χ4n) is 1.41. The Labute approximate surface area is 109 Å². The standard InChI is InChI=1S/C13H15F2NO3/c1-2-16-12(17)4-3-5-13(18)19-11-7-6-9(14)8-10(11)15/h6-8H,2-5H2,1H3,(H,16,17). The Hall–Kier alpha value is -1.98. The van der Waals surface area contributed by atoms with Gasteiger partial charge in [0.05, 0.1) is 0 Å². The van der Waals surface area contributed by atoms with Gasteiger partial charge in [-0.3, -0.25) is 9.59 Å². The van der Waals surface area contributed by atoms with Gasteiger partial charge in [0.2, 0.25) is 5.91 Å². The predicted molar refractivity (Wildman–Crippen MR) is 64.5 cm³/mol. The lowest BCUT2D eigenvalue weighted by Crippen LogP contribution is -2.22. The summed E-state index contributed by atoms with van der Waals surface area (Å²) in [4.78, 5) is 22.5. The largest absolute Gasteiger partial charge is 0.423 e. The highest BCUT2D eigenvalue weighted by molar-refractivity contribution is 5.77. The minimum absolute atomic E-state index is 0.00600. The van der Waals surface area contributed by atoms with Crippen LogP contribution in [-0.2, 0) is 9.59 Å². The molecule has 1 N–H and O–H groups in total. The van der Waals surface area contributed by atoms with Crippen molar-refractivity contribution in [2.45, 2.75) is 26.2 Å². The van der Waals surface area contributed by atoms with E-state index >= 15 is 0 Å². The van der Waals surface area contributed by atoms with Crippen LogP contribution in [0.2, 0.25) is 0 Å². The molecule has 0 atom stereocenters. The van der Waals surface area contributed by atoms with Crippen LogP contribution in [0.3, 0.4) is 0 Å². The van der Waals surface area contributed by atoms with Gasteiger partial charge < -0.3 is 10.1 Å². The van der Waals surface area contributed by atoms with Gasteiger partial charge >= 0.3 is 5.97 Å². The molecule has 0 aromatic heterocycles. The van der Waals surface area contributed by atoms with Crippen LogP contribution in [-0.4, -0.2) is 18.4 Å². The molecule has 0 aliphatic heterocycles. The quantitative estimate of drug-likeness (QED) is 0.637. The van der Waals surface area contributed by atoms with Crippen molar-refractivity contribution in [1.82, 2.24) is 5.32 Å². The van der Waals surface area contributed by atoms with Gasteiger partial charge in [0.25, 0.3) is 0 Å². The Morgan fingerprint density at radius 3 is 2.63 bits per heavy atom. The highest BCUT2D eigenvalue weighted by Gasteiger charge is 2.11.